The highest BCUT2D eigenvalue weighted by molar-refractivity contribution is 6.00. The lowest BCUT2D eigenvalue weighted by atomic mass is 10.1. The van der Waals surface area contributed by atoms with E-state index in [1.807, 2.05) is 18.2 Å². The number of rotatable bonds is 3. The van der Waals surface area contributed by atoms with Crippen molar-refractivity contribution in [3.05, 3.63) is 83.9 Å². The smallest absolute Gasteiger partial charge is 0.323 e. The van der Waals surface area contributed by atoms with Crippen molar-refractivity contribution in [2.75, 3.05) is 10.6 Å². The number of urea groups is 1. The minimum Gasteiger partial charge on any atom is -0.355 e. The van der Waals surface area contributed by atoms with E-state index in [2.05, 4.69) is 15.6 Å². The van der Waals surface area contributed by atoms with Crippen LogP contribution in [0.25, 0.3) is 22.2 Å². The van der Waals surface area contributed by atoms with Gasteiger partial charge in [0, 0.05) is 28.0 Å². The van der Waals surface area contributed by atoms with Crippen molar-refractivity contribution < 1.29 is 13.6 Å². The number of H-pyrrole nitrogens is 1. The molecule has 0 atom stereocenters. The number of hydrogen-bond donors (Lipinski definition) is 3. The first-order valence-electron chi connectivity index (χ1n) is 8.71. The van der Waals surface area contributed by atoms with Gasteiger partial charge in [0.1, 0.15) is 11.6 Å². The van der Waals surface area contributed by atoms with Crippen LogP contribution in [0.15, 0.2) is 66.7 Å². The van der Waals surface area contributed by atoms with Crippen LogP contribution < -0.4 is 10.6 Å². The molecule has 6 heteroatoms. The molecule has 0 saturated heterocycles. The zero-order chi connectivity index (χ0) is 19.7. The summed E-state index contributed by atoms with van der Waals surface area (Å²) in [6, 6.07) is 17.7. The fraction of sp³-hybridized carbons (Fsp3) is 0.0455. The van der Waals surface area contributed by atoms with Crippen LogP contribution in [0.4, 0.5) is 25.0 Å². The molecule has 0 aliphatic heterocycles. The SMILES string of the molecule is Cc1ccc(NC(=O)Nc2ccc(-c3cc4cc(F)ccc4[nH]3)cc2)cc1F. The Bertz CT molecular complexity index is 1170. The van der Waals surface area contributed by atoms with Gasteiger partial charge in [-0.25, -0.2) is 13.6 Å². The molecule has 0 spiro atoms. The van der Waals surface area contributed by atoms with Gasteiger partial charge in [-0.15, -0.1) is 0 Å². The molecule has 0 unspecified atom stereocenters. The fourth-order valence-corrected chi connectivity index (χ4v) is 2.96. The monoisotopic (exact) mass is 377 g/mol. The first kappa shape index (κ1) is 17.7. The minimum absolute atomic E-state index is 0.280. The molecule has 2 amide bonds. The van der Waals surface area contributed by atoms with E-state index in [1.165, 1.54) is 18.2 Å². The number of aryl methyl sites for hydroxylation is 1. The molecule has 4 rings (SSSR count). The van der Waals surface area contributed by atoms with E-state index in [4.69, 9.17) is 0 Å². The Kier molecular flexibility index (Phi) is 4.53. The third kappa shape index (κ3) is 3.71. The molecule has 0 aliphatic carbocycles. The van der Waals surface area contributed by atoms with Crippen molar-refractivity contribution in [2.24, 2.45) is 0 Å². The van der Waals surface area contributed by atoms with E-state index in [0.717, 1.165) is 22.2 Å². The summed E-state index contributed by atoms with van der Waals surface area (Å²) in [5, 5.41) is 6.09. The van der Waals surface area contributed by atoms with Gasteiger partial charge in [-0.1, -0.05) is 18.2 Å². The summed E-state index contributed by atoms with van der Waals surface area (Å²) in [6.07, 6.45) is 0. The van der Waals surface area contributed by atoms with Gasteiger partial charge in [0.05, 0.1) is 0 Å². The van der Waals surface area contributed by atoms with Crippen LogP contribution in [0.3, 0.4) is 0 Å². The summed E-state index contributed by atoms with van der Waals surface area (Å²) in [4.78, 5) is 15.3. The second-order valence-corrected chi connectivity index (χ2v) is 6.54. The van der Waals surface area contributed by atoms with E-state index in [9.17, 15) is 13.6 Å². The number of halogens is 2. The lowest BCUT2D eigenvalue weighted by molar-refractivity contribution is 0.262. The van der Waals surface area contributed by atoms with Crippen LogP contribution in [-0.4, -0.2) is 11.0 Å². The molecule has 4 aromatic rings. The molecule has 0 aliphatic rings. The Morgan fingerprint density at radius 3 is 2.32 bits per heavy atom. The number of amides is 2. The Morgan fingerprint density at radius 1 is 0.857 bits per heavy atom. The van der Waals surface area contributed by atoms with Crippen molar-refractivity contribution in [3.63, 3.8) is 0 Å². The van der Waals surface area contributed by atoms with Crippen LogP contribution in [0.5, 0.6) is 0 Å². The van der Waals surface area contributed by atoms with Gasteiger partial charge in [-0.05, 0) is 66.6 Å². The number of fused-ring (bicyclic) bond motifs is 1. The average molecular weight is 377 g/mol. The fourth-order valence-electron chi connectivity index (χ4n) is 2.96. The van der Waals surface area contributed by atoms with E-state index in [1.54, 1.807) is 37.3 Å². The number of hydrogen-bond acceptors (Lipinski definition) is 1. The number of carbonyl (C=O) groups is 1. The number of anilines is 2. The first-order chi connectivity index (χ1) is 13.5. The molecule has 140 valence electrons. The van der Waals surface area contributed by atoms with Crippen molar-refractivity contribution in [2.45, 2.75) is 6.92 Å². The third-order valence-corrected chi connectivity index (χ3v) is 4.47. The molecular formula is C22H17F2N3O. The maximum Gasteiger partial charge on any atom is 0.323 e. The summed E-state index contributed by atoms with van der Waals surface area (Å²) in [5.74, 6) is -0.655. The number of nitrogens with one attached hydrogen (secondary N) is 3. The largest absolute Gasteiger partial charge is 0.355 e. The van der Waals surface area contributed by atoms with Gasteiger partial charge < -0.3 is 15.6 Å². The normalized spacial score (nSPS) is 10.8. The number of benzene rings is 3. The Balaban J connectivity index is 1.46. The van der Waals surface area contributed by atoms with Crippen molar-refractivity contribution >= 4 is 28.3 Å². The number of aromatic amines is 1. The molecule has 3 N–H and O–H groups in total. The second-order valence-electron chi connectivity index (χ2n) is 6.54. The highest BCUT2D eigenvalue weighted by Gasteiger charge is 2.07. The van der Waals surface area contributed by atoms with E-state index < -0.39 is 6.03 Å². The number of carbonyl (C=O) groups excluding carboxylic acids is 1. The molecule has 0 saturated carbocycles. The molecule has 1 heterocycles. The van der Waals surface area contributed by atoms with Gasteiger partial charge >= 0.3 is 6.03 Å². The van der Waals surface area contributed by atoms with E-state index >= 15 is 0 Å². The quantitative estimate of drug-likeness (QED) is 0.399. The van der Waals surface area contributed by atoms with Crippen LogP contribution in [0.1, 0.15) is 5.56 Å². The summed E-state index contributed by atoms with van der Waals surface area (Å²) in [5.41, 5.74) is 4.10. The third-order valence-electron chi connectivity index (χ3n) is 4.47. The predicted molar refractivity (Wildman–Crippen MR) is 107 cm³/mol. The highest BCUT2D eigenvalue weighted by Crippen LogP contribution is 2.26. The summed E-state index contributed by atoms with van der Waals surface area (Å²) < 4.78 is 26.9. The molecule has 0 bridgehead atoms. The van der Waals surface area contributed by atoms with Crippen molar-refractivity contribution in [1.82, 2.24) is 4.98 Å². The maximum absolute atomic E-state index is 13.6. The van der Waals surface area contributed by atoms with Crippen LogP contribution in [-0.2, 0) is 0 Å². The molecular weight excluding hydrogens is 360 g/mol. The zero-order valence-corrected chi connectivity index (χ0v) is 15.0. The summed E-state index contributed by atoms with van der Waals surface area (Å²) in [7, 11) is 0. The van der Waals surface area contributed by atoms with Gasteiger partial charge in [0.15, 0.2) is 0 Å². The summed E-state index contributed by atoms with van der Waals surface area (Å²) in [6.45, 7) is 1.66. The second kappa shape index (κ2) is 7.15. The topological polar surface area (TPSA) is 56.9 Å². The molecule has 1 aromatic heterocycles. The average Bonchev–Trinajstić information content (AvgIpc) is 3.08. The lowest BCUT2D eigenvalue weighted by Gasteiger charge is -2.09. The Morgan fingerprint density at radius 2 is 1.57 bits per heavy atom. The lowest BCUT2D eigenvalue weighted by Crippen LogP contribution is -2.19. The molecule has 28 heavy (non-hydrogen) atoms. The number of aromatic nitrogens is 1. The molecule has 4 nitrogen and oxygen atoms in total. The maximum atomic E-state index is 13.6. The van der Waals surface area contributed by atoms with Crippen molar-refractivity contribution in [3.8, 4) is 11.3 Å². The predicted octanol–water partition coefficient (Wildman–Crippen LogP) is 6.07. The van der Waals surface area contributed by atoms with E-state index in [0.29, 0.717) is 16.9 Å². The van der Waals surface area contributed by atoms with Crippen LogP contribution >= 0.6 is 0 Å². The minimum atomic E-state index is -0.461. The highest BCUT2D eigenvalue weighted by atomic mass is 19.1. The van der Waals surface area contributed by atoms with Crippen molar-refractivity contribution in [1.29, 1.82) is 0 Å². The first-order valence-corrected chi connectivity index (χ1v) is 8.71. The van der Waals surface area contributed by atoms with Gasteiger partial charge in [0.25, 0.3) is 0 Å². The summed E-state index contributed by atoms with van der Waals surface area (Å²) >= 11 is 0. The van der Waals surface area contributed by atoms with E-state index in [-0.39, 0.29) is 11.6 Å². The van der Waals surface area contributed by atoms with Gasteiger partial charge in [-0.2, -0.15) is 0 Å². The molecule has 0 fully saturated rings. The van der Waals surface area contributed by atoms with Gasteiger partial charge in [0.2, 0.25) is 0 Å². The Hall–Kier alpha value is -3.67. The molecule has 3 aromatic carbocycles. The standard InChI is InChI=1S/C22H17F2N3O/c1-13-2-6-18(12-19(13)24)26-22(28)25-17-7-3-14(4-8-17)21-11-15-10-16(23)5-9-20(15)27-21/h2-12,27H,1H3,(H2,25,26,28). The van der Waals surface area contributed by atoms with Gasteiger partial charge in [-0.3, -0.25) is 0 Å². The molecule has 0 radical (unpaired) electrons. The zero-order valence-electron chi connectivity index (χ0n) is 15.0. The Labute approximate surface area is 160 Å². The van der Waals surface area contributed by atoms with Crippen LogP contribution in [0, 0.1) is 18.6 Å². The van der Waals surface area contributed by atoms with Crippen LogP contribution in [0.2, 0.25) is 0 Å².